The van der Waals surface area contributed by atoms with Crippen LogP contribution in [0.2, 0.25) is 0 Å². The quantitative estimate of drug-likeness (QED) is 0.535. The highest BCUT2D eigenvalue weighted by molar-refractivity contribution is 6.03. The first-order valence-corrected chi connectivity index (χ1v) is 5.77. The largest absolute Gasteiger partial charge is 0.387 e. The molecule has 1 aliphatic rings. The van der Waals surface area contributed by atoms with Gasteiger partial charge in [-0.3, -0.25) is 5.10 Å². The number of nitrogens with two attached hydrogens (primary N) is 1. The summed E-state index contributed by atoms with van der Waals surface area (Å²) in [6, 6.07) is 1.83. The van der Waals surface area contributed by atoms with Crippen LogP contribution in [0.3, 0.4) is 0 Å². The Labute approximate surface area is 100 Å². The van der Waals surface area contributed by atoms with E-state index in [2.05, 4.69) is 15.2 Å². The van der Waals surface area contributed by atoms with Crippen molar-refractivity contribution in [2.45, 2.75) is 26.2 Å². The summed E-state index contributed by atoms with van der Waals surface area (Å²) >= 11 is 0. The fraction of sp³-hybridized carbons (Fsp3) is 0.417. The Morgan fingerprint density at radius 3 is 3.12 bits per heavy atom. The summed E-state index contributed by atoms with van der Waals surface area (Å²) in [5, 5.41) is 14.6. The molecule has 0 saturated heterocycles. The predicted octanol–water partition coefficient (Wildman–Crippen LogP) is 2.25. The molecule has 90 valence electrons. The van der Waals surface area contributed by atoms with Crippen molar-refractivity contribution in [3.05, 3.63) is 17.8 Å². The van der Waals surface area contributed by atoms with E-state index in [1.807, 2.05) is 25.1 Å². The van der Waals surface area contributed by atoms with Crippen molar-refractivity contribution < 1.29 is 0 Å². The van der Waals surface area contributed by atoms with Crippen LogP contribution < -0.4 is 5.73 Å². The molecule has 1 fully saturated rings. The number of nitrogens with zero attached hydrogens (tertiary/aromatic N) is 2. The van der Waals surface area contributed by atoms with Crippen LogP contribution in [0.4, 0.5) is 5.82 Å². The molecule has 0 unspecified atom stereocenters. The SMILES string of the molecule is C/C=C/c1cc(N=C(N)CC(=N)C2CC2)n[nH]1. The number of amidine groups is 1. The number of allylic oxidation sites excluding steroid dienone is 1. The lowest BCUT2D eigenvalue weighted by molar-refractivity contribution is 1.07. The molecule has 0 amide bonds. The Hall–Kier alpha value is -1.91. The minimum atomic E-state index is 0.446. The molecular weight excluding hydrogens is 214 g/mol. The van der Waals surface area contributed by atoms with Gasteiger partial charge < -0.3 is 11.1 Å². The van der Waals surface area contributed by atoms with Crippen molar-refractivity contribution in [2.75, 3.05) is 0 Å². The third-order valence-corrected chi connectivity index (χ3v) is 2.63. The maximum Gasteiger partial charge on any atom is 0.175 e. The summed E-state index contributed by atoms with van der Waals surface area (Å²) in [4.78, 5) is 4.19. The summed E-state index contributed by atoms with van der Waals surface area (Å²) in [6.07, 6.45) is 6.54. The number of aromatic amines is 1. The predicted molar refractivity (Wildman–Crippen MR) is 69.6 cm³/mol. The van der Waals surface area contributed by atoms with Gasteiger partial charge in [-0.15, -0.1) is 0 Å². The Balaban J connectivity index is 1.98. The first-order valence-electron chi connectivity index (χ1n) is 5.77. The summed E-state index contributed by atoms with van der Waals surface area (Å²) in [6.45, 7) is 1.94. The van der Waals surface area contributed by atoms with E-state index in [1.54, 1.807) is 0 Å². The highest BCUT2D eigenvalue weighted by atomic mass is 15.2. The smallest absolute Gasteiger partial charge is 0.175 e. The minimum Gasteiger partial charge on any atom is -0.387 e. The Kier molecular flexibility index (Phi) is 3.37. The van der Waals surface area contributed by atoms with Gasteiger partial charge in [-0.25, -0.2) is 4.99 Å². The molecule has 1 heterocycles. The number of rotatable bonds is 5. The van der Waals surface area contributed by atoms with Gasteiger partial charge in [-0.2, -0.15) is 5.10 Å². The van der Waals surface area contributed by atoms with Crippen molar-refractivity contribution in [3.63, 3.8) is 0 Å². The molecule has 0 bridgehead atoms. The third-order valence-electron chi connectivity index (χ3n) is 2.63. The zero-order valence-corrected chi connectivity index (χ0v) is 9.90. The lowest BCUT2D eigenvalue weighted by atomic mass is 10.2. The zero-order chi connectivity index (χ0) is 12.3. The highest BCUT2D eigenvalue weighted by Gasteiger charge is 2.26. The van der Waals surface area contributed by atoms with Gasteiger partial charge in [-0.1, -0.05) is 6.08 Å². The molecule has 0 atom stereocenters. The van der Waals surface area contributed by atoms with E-state index in [0.717, 1.165) is 18.5 Å². The first kappa shape index (κ1) is 11.6. The molecule has 17 heavy (non-hydrogen) atoms. The molecule has 1 aromatic heterocycles. The fourth-order valence-electron chi connectivity index (χ4n) is 1.61. The van der Waals surface area contributed by atoms with Gasteiger partial charge in [0.15, 0.2) is 5.82 Å². The van der Waals surface area contributed by atoms with E-state index in [-0.39, 0.29) is 0 Å². The maximum absolute atomic E-state index is 7.77. The zero-order valence-electron chi connectivity index (χ0n) is 9.90. The molecule has 5 heteroatoms. The lowest BCUT2D eigenvalue weighted by Gasteiger charge is -1.99. The van der Waals surface area contributed by atoms with Gasteiger partial charge in [0.25, 0.3) is 0 Å². The molecule has 0 spiro atoms. The number of hydrogen-bond acceptors (Lipinski definition) is 3. The topological polar surface area (TPSA) is 90.9 Å². The van der Waals surface area contributed by atoms with E-state index < -0.39 is 0 Å². The monoisotopic (exact) mass is 231 g/mol. The second-order valence-electron chi connectivity index (χ2n) is 4.26. The second-order valence-corrected chi connectivity index (χ2v) is 4.26. The lowest BCUT2D eigenvalue weighted by Crippen LogP contribution is -2.17. The van der Waals surface area contributed by atoms with E-state index >= 15 is 0 Å². The van der Waals surface area contributed by atoms with Crippen molar-refractivity contribution in [3.8, 4) is 0 Å². The van der Waals surface area contributed by atoms with Crippen molar-refractivity contribution in [1.82, 2.24) is 10.2 Å². The highest BCUT2D eigenvalue weighted by Crippen LogP contribution is 2.31. The van der Waals surface area contributed by atoms with Gasteiger partial charge in [0.1, 0.15) is 5.84 Å². The molecule has 0 aliphatic heterocycles. The second kappa shape index (κ2) is 4.95. The molecular formula is C12H17N5. The van der Waals surface area contributed by atoms with Crippen LogP contribution in [0, 0.1) is 11.3 Å². The average Bonchev–Trinajstić information content (AvgIpc) is 3.03. The van der Waals surface area contributed by atoms with Gasteiger partial charge >= 0.3 is 0 Å². The first-order chi connectivity index (χ1) is 8.19. The maximum atomic E-state index is 7.77. The van der Waals surface area contributed by atoms with Crippen LogP contribution in [-0.2, 0) is 0 Å². The Bertz CT molecular complexity index is 465. The van der Waals surface area contributed by atoms with Crippen LogP contribution in [0.5, 0.6) is 0 Å². The van der Waals surface area contributed by atoms with Crippen molar-refractivity contribution >= 4 is 23.4 Å². The molecule has 1 aromatic rings. The minimum absolute atomic E-state index is 0.446. The van der Waals surface area contributed by atoms with Gasteiger partial charge in [0, 0.05) is 18.2 Å². The van der Waals surface area contributed by atoms with E-state index in [1.165, 1.54) is 0 Å². The van der Waals surface area contributed by atoms with Crippen LogP contribution in [0.1, 0.15) is 31.9 Å². The van der Waals surface area contributed by atoms with Crippen LogP contribution in [0.25, 0.3) is 6.08 Å². The molecule has 5 nitrogen and oxygen atoms in total. The van der Waals surface area contributed by atoms with Gasteiger partial charge in [0.2, 0.25) is 0 Å². The fourth-order valence-corrected chi connectivity index (χ4v) is 1.61. The number of nitrogens with one attached hydrogen (secondary N) is 2. The summed E-state index contributed by atoms with van der Waals surface area (Å²) in [5.74, 6) is 1.47. The van der Waals surface area contributed by atoms with E-state index in [4.69, 9.17) is 11.1 Å². The standard InChI is InChI=1S/C12H17N5/c1-2-3-9-6-12(17-16-9)15-11(14)7-10(13)8-4-5-8/h2-3,6,8,13H,4-5,7H2,1H3,(H3,14,15,16,17)/b3-2+,13-10?. The van der Waals surface area contributed by atoms with Gasteiger partial charge in [-0.05, 0) is 31.8 Å². The normalized spacial score (nSPS) is 16.6. The molecule has 2 rings (SSSR count). The average molecular weight is 231 g/mol. The van der Waals surface area contributed by atoms with Gasteiger partial charge in [0.05, 0.1) is 5.69 Å². The summed E-state index contributed by atoms with van der Waals surface area (Å²) in [5.41, 5.74) is 7.38. The van der Waals surface area contributed by atoms with E-state index in [0.29, 0.717) is 29.7 Å². The molecule has 4 N–H and O–H groups in total. The Morgan fingerprint density at radius 2 is 2.47 bits per heavy atom. The summed E-state index contributed by atoms with van der Waals surface area (Å²) in [7, 11) is 0. The molecule has 0 radical (unpaired) electrons. The van der Waals surface area contributed by atoms with Crippen LogP contribution in [-0.4, -0.2) is 21.7 Å². The van der Waals surface area contributed by atoms with Crippen LogP contribution in [0.15, 0.2) is 17.1 Å². The third kappa shape index (κ3) is 3.27. The van der Waals surface area contributed by atoms with Crippen LogP contribution >= 0.6 is 0 Å². The number of H-pyrrole nitrogens is 1. The molecule has 1 saturated carbocycles. The summed E-state index contributed by atoms with van der Waals surface area (Å²) < 4.78 is 0. The number of hydrogen-bond donors (Lipinski definition) is 3. The molecule has 1 aliphatic carbocycles. The number of aromatic nitrogens is 2. The van der Waals surface area contributed by atoms with E-state index in [9.17, 15) is 0 Å². The number of aliphatic imine (C=N–C) groups is 1. The van der Waals surface area contributed by atoms with Crippen molar-refractivity contribution in [1.29, 1.82) is 5.41 Å². The van der Waals surface area contributed by atoms with Crippen molar-refractivity contribution in [2.24, 2.45) is 16.6 Å². The molecule has 0 aromatic carbocycles. The Morgan fingerprint density at radius 1 is 1.71 bits per heavy atom.